The van der Waals surface area contributed by atoms with Crippen LogP contribution in [0, 0.1) is 0 Å². The Bertz CT molecular complexity index is 780. The van der Waals surface area contributed by atoms with Gasteiger partial charge in [0, 0.05) is 12.0 Å². The lowest BCUT2D eigenvalue weighted by molar-refractivity contribution is 0.778. The number of aromatic nitrogens is 4. The minimum Gasteiger partial charge on any atom is -0.398 e. The van der Waals surface area contributed by atoms with E-state index in [1.807, 2.05) is 0 Å². The molecule has 0 bridgehead atoms. The molecule has 3 rings (SSSR count). The Labute approximate surface area is 129 Å². The Hall–Kier alpha value is -1.37. The van der Waals surface area contributed by atoms with Gasteiger partial charge in [0.1, 0.15) is 5.01 Å². The van der Waals surface area contributed by atoms with Crippen LogP contribution >= 0.6 is 34.5 Å². The first kappa shape index (κ1) is 13.6. The monoisotopic (exact) mass is 327 g/mol. The molecule has 1 aromatic carbocycles. The van der Waals surface area contributed by atoms with E-state index in [4.69, 9.17) is 28.9 Å². The van der Waals surface area contributed by atoms with Gasteiger partial charge in [-0.3, -0.25) is 0 Å². The Morgan fingerprint density at radius 1 is 1.25 bits per heavy atom. The molecule has 20 heavy (non-hydrogen) atoms. The molecule has 2 aromatic heterocycles. The van der Waals surface area contributed by atoms with E-state index in [1.165, 1.54) is 11.3 Å². The SMILES string of the molecule is CCCc1nnc2sc(-c3cc(N)c(Cl)cc3Cl)nn12. The third-order valence-corrected chi connectivity index (χ3v) is 4.42. The van der Waals surface area contributed by atoms with Crippen molar-refractivity contribution in [1.29, 1.82) is 0 Å². The molecule has 0 aliphatic rings. The fraction of sp³-hybridized carbons (Fsp3) is 0.250. The first-order chi connectivity index (χ1) is 9.60. The van der Waals surface area contributed by atoms with Crippen LogP contribution in [0.1, 0.15) is 19.2 Å². The number of nitrogen functional groups attached to an aromatic ring is 1. The van der Waals surface area contributed by atoms with E-state index in [0.717, 1.165) is 34.2 Å². The van der Waals surface area contributed by atoms with Crippen LogP contribution in [0.2, 0.25) is 10.0 Å². The average Bonchev–Trinajstić information content (AvgIpc) is 2.96. The number of halogens is 2. The Kier molecular flexibility index (Phi) is 3.54. The number of fused-ring (bicyclic) bond motifs is 1. The van der Waals surface area contributed by atoms with Crippen molar-refractivity contribution >= 4 is 45.2 Å². The summed E-state index contributed by atoms with van der Waals surface area (Å²) in [6.07, 6.45) is 1.82. The van der Waals surface area contributed by atoms with Gasteiger partial charge < -0.3 is 5.73 Å². The summed E-state index contributed by atoms with van der Waals surface area (Å²) in [7, 11) is 0. The van der Waals surface area contributed by atoms with Crippen molar-refractivity contribution in [1.82, 2.24) is 19.8 Å². The maximum atomic E-state index is 6.21. The number of anilines is 1. The average molecular weight is 328 g/mol. The summed E-state index contributed by atoms with van der Waals surface area (Å²) in [5.41, 5.74) is 7.06. The van der Waals surface area contributed by atoms with E-state index in [1.54, 1.807) is 16.6 Å². The van der Waals surface area contributed by atoms with Gasteiger partial charge in [0.2, 0.25) is 4.96 Å². The van der Waals surface area contributed by atoms with Gasteiger partial charge >= 0.3 is 0 Å². The molecule has 8 heteroatoms. The van der Waals surface area contributed by atoms with E-state index in [2.05, 4.69) is 22.2 Å². The molecule has 0 unspecified atom stereocenters. The van der Waals surface area contributed by atoms with Gasteiger partial charge in [-0.05, 0) is 18.6 Å². The number of hydrogen-bond acceptors (Lipinski definition) is 5. The molecule has 0 fully saturated rings. The third-order valence-electron chi connectivity index (χ3n) is 2.85. The van der Waals surface area contributed by atoms with Gasteiger partial charge in [-0.25, -0.2) is 0 Å². The highest BCUT2D eigenvalue weighted by molar-refractivity contribution is 7.19. The maximum Gasteiger partial charge on any atom is 0.234 e. The zero-order valence-corrected chi connectivity index (χ0v) is 12.9. The van der Waals surface area contributed by atoms with E-state index in [-0.39, 0.29) is 0 Å². The molecule has 0 radical (unpaired) electrons. The summed E-state index contributed by atoms with van der Waals surface area (Å²) in [5, 5.41) is 14.5. The molecule has 2 N–H and O–H groups in total. The molecule has 0 amide bonds. The van der Waals surface area contributed by atoms with Crippen LogP contribution in [-0.4, -0.2) is 19.8 Å². The largest absolute Gasteiger partial charge is 0.398 e. The lowest BCUT2D eigenvalue weighted by Gasteiger charge is -2.03. The highest BCUT2D eigenvalue weighted by Gasteiger charge is 2.15. The predicted octanol–water partition coefficient (Wildman–Crippen LogP) is 3.69. The van der Waals surface area contributed by atoms with Crippen molar-refractivity contribution in [3.63, 3.8) is 0 Å². The van der Waals surface area contributed by atoms with Crippen LogP contribution in [-0.2, 0) is 6.42 Å². The van der Waals surface area contributed by atoms with Crippen LogP contribution in [0.25, 0.3) is 15.5 Å². The van der Waals surface area contributed by atoms with Crippen LogP contribution in [0.5, 0.6) is 0 Å². The van der Waals surface area contributed by atoms with E-state index in [9.17, 15) is 0 Å². The second kappa shape index (κ2) is 5.20. The van der Waals surface area contributed by atoms with Gasteiger partial charge in [0.05, 0.1) is 15.7 Å². The van der Waals surface area contributed by atoms with Crippen LogP contribution in [0.15, 0.2) is 12.1 Å². The van der Waals surface area contributed by atoms with Crippen molar-refractivity contribution in [3.8, 4) is 10.6 Å². The zero-order chi connectivity index (χ0) is 14.3. The first-order valence-electron chi connectivity index (χ1n) is 6.06. The second-order valence-corrected chi connectivity index (χ2v) is 6.09. The van der Waals surface area contributed by atoms with Crippen molar-refractivity contribution < 1.29 is 0 Å². The lowest BCUT2D eigenvalue weighted by atomic mass is 10.2. The van der Waals surface area contributed by atoms with Crippen LogP contribution in [0.4, 0.5) is 5.69 Å². The van der Waals surface area contributed by atoms with Gasteiger partial charge in [-0.1, -0.05) is 41.5 Å². The van der Waals surface area contributed by atoms with Crippen molar-refractivity contribution in [3.05, 3.63) is 28.0 Å². The van der Waals surface area contributed by atoms with E-state index >= 15 is 0 Å². The number of aryl methyl sites for hydroxylation is 1. The summed E-state index contributed by atoms with van der Waals surface area (Å²) < 4.78 is 1.75. The number of hydrogen-bond donors (Lipinski definition) is 1. The molecule has 104 valence electrons. The lowest BCUT2D eigenvalue weighted by Crippen LogP contribution is -1.95. The molecule has 0 spiro atoms. The number of benzene rings is 1. The first-order valence-corrected chi connectivity index (χ1v) is 7.63. The maximum absolute atomic E-state index is 6.21. The van der Waals surface area contributed by atoms with Gasteiger partial charge in [0.25, 0.3) is 0 Å². The van der Waals surface area contributed by atoms with Crippen molar-refractivity contribution in [2.24, 2.45) is 0 Å². The topological polar surface area (TPSA) is 69.1 Å². The molecule has 0 saturated carbocycles. The predicted molar refractivity (Wildman–Crippen MR) is 82.5 cm³/mol. The van der Waals surface area contributed by atoms with E-state index in [0.29, 0.717) is 15.7 Å². The van der Waals surface area contributed by atoms with Gasteiger partial charge in [-0.2, -0.15) is 9.61 Å². The second-order valence-electron chi connectivity index (χ2n) is 4.32. The Balaban J connectivity index is 2.13. The van der Waals surface area contributed by atoms with Gasteiger partial charge in [0.15, 0.2) is 5.82 Å². The smallest absolute Gasteiger partial charge is 0.234 e. The molecular weight excluding hydrogens is 317 g/mol. The summed E-state index contributed by atoms with van der Waals surface area (Å²) in [5.74, 6) is 0.850. The summed E-state index contributed by atoms with van der Waals surface area (Å²) in [6, 6.07) is 3.36. The van der Waals surface area contributed by atoms with Crippen molar-refractivity contribution in [2.75, 3.05) is 5.73 Å². The molecule has 3 aromatic rings. The molecule has 0 aliphatic carbocycles. The standard InChI is InChI=1S/C12H11Cl2N5S/c1-2-3-10-16-17-12-19(10)18-11(20-12)6-4-9(15)8(14)5-7(6)13/h4-5H,2-3,15H2,1H3. The van der Waals surface area contributed by atoms with Crippen molar-refractivity contribution in [2.45, 2.75) is 19.8 Å². The summed E-state index contributed by atoms with van der Waals surface area (Å²) in [6.45, 7) is 2.09. The zero-order valence-electron chi connectivity index (χ0n) is 10.6. The Morgan fingerprint density at radius 2 is 2.05 bits per heavy atom. The van der Waals surface area contributed by atoms with Crippen LogP contribution < -0.4 is 5.73 Å². The van der Waals surface area contributed by atoms with Gasteiger partial charge in [-0.15, -0.1) is 10.2 Å². The van der Waals surface area contributed by atoms with Crippen LogP contribution in [0.3, 0.4) is 0 Å². The number of nitrogens with two attached hydrogens (primary N) is 1. The minimum atomic E-state index is 0.438. The van der Waals surface area contributed by atoms with E-state index < -0.39 is 0 Å². The fourth-order valence-electron chi connectivity index (χ4n) is 1.88. The highest BCUT2D eigenvalue weighted by atomic mass is 35.5. The molecule has 0 aliphatic heterocycles. The fourth-order valence-corrected chi connectivity index (χ4v) is 3.29. The minimum absolute atomic E-state index is 0.438. The third kappa shape index (κ3) is 2.24. The molecule has 0 atom stereocenters. The Morgan fingerprint density at radius 3 is 2.80 bits per heavy atom. The summed E-state index contributed by atoms with van der Waals surface area (Å²) in [4.78, 5) is 0.744. The molecular formula is C12H11Cl2N5S. The number of rotatable bonds is 3. The normalized spacial score (nSPS) is 11.3. The molecule has 5 nitrogen and oxygen atoms in total. The molecule has 2 heterocycles. The molecule has 0 saturated heterocycles. The highest BCUT2D eigenvalue weighted by Crippen LogP contribution is 2.36. The number of nitrogens with zero attached hydrogens (tertiary/aromatic N) is 4. The summed E-state index contributed by atoms with van der Waals surface area (Å²) >= 11 is 13.6. The quantitative estimate of drug-likeness (QED) is 0.745.